The molecular weight excluding hydrogens is 404 g/mol. The van der Waals surface area contributed by atoms with Crippen LogP contribution in [0.2, 0.25) is 0 Å². The van der Waals surface area contributed by atoms with E-state index in [9.17, 15) is 4.79 Å². The van der Waals surface area contributed by atoms with Crippen LogP contribution in [0.4, 0.5) is 5.95 Å². The molecule has 0 radical (unpaired) electrons. The molecule has 0 saturated carbocycles. The van der Waals surface area contributed by atoms with Crippen LogP contribution in [0.5, 0.6) is 17.2 Å². The smallest absolute Gasteiger partial charge is 0.227 e. The highest BCUT2D eigenvalue weighted by Gasteiger charge is 2.43. The Balaban J connectivity index is 1.98. The quantitative estimate of drug-likeness (QED) is 0.719. The number of ether oxygens (including phenoxy) is 3. The van der Waals surface area contributed by atoms with Gasteiger partial charge in [-0.05, 0) is 24.2 Å². The van der Waals surface area contributed by atoms with Gasteiger partial charge in [-0.3, -0.25) is 4.79 Å². The van der Waals surface area contributed by atoms with E-state index in [2.05, 4.69) is 29.2 Å². The van der Waals surface area contributed by atoms with Gasteiger partial charge in [0.15, 0.2) is 17.3 Å². The van der Waals surface area contributed by atoms with Crippen LogP contribution in [0.15, 0.2) is 28.6 Å². The average molecular weight is 431 g/mol. The van der Waals surface area contributed by atoms with Crippen LogP contribution >= 0.6 is 11.8 Å². The summed E-state index contributed by atoms with van der Waals surface area (Å²) in [7, 11) is 4.76. The molecule has 2 aliphatic rings. The topological polar surface area (TPSA) is 87.5 Å². The summed E-state index contributed by atoms with van der Waals surface area (Å²) in [6, 6.07) is 3.16. The molecule has 30 heavy (non-hydrogen) atoms. The van der Waals surface area contributed by atoms with Gasteiger partial charge in [0.1, 0.15) is 11.8 Å². The Morgan fingerprint density at radius 3 is 2.40 bits per heavy atom. The van der Waals surface area contributed by atoms with Gasteiger partial charge in [0.25, 0.3) is 0 Å². The predicted octanol–water partition coefficient (Wildman–Crippen LogP) is 3.68. The lowest BCUT2D eigenvalue weighted by atomic mass is 9.73. The summed E-state index contributed by atoms with van der Waals surface area (Å²) in [5.41, 5.74) is 2.24. The van der Waals surface area contributed by atoms with Crippen molar-refractivity contribution in [1.29, 1.82) is 0 Å². The second-order valence-corrected chi connectivity index (χ2v) is 8.95. The van der Waals surface area contributed by atoms with E-state index in [4.69, 9.17) is 14.2 Å². The SMILES string of the molecule is COc1cc(OC)c([C@@H]2C3=C(CC(C)(C)CC3=O)Nc3nc(SC)nn32)cc1OC. The fourth-order valence-corrected chi connectivity index (χ4v) is 4.58. The number of carbonyl (C=O) groups is 1. The molecule has 1 aromatic heterocycles. The number of nitrogens with zero attached hydrogens (tertiary/aromatic N) is 3. The molecule has 1 aliphatic carbocycles. The molecule has 0 bridgehead atoms. The predicted molar refractivity (Wildman–Crippen MR) is 115 cm³/mol. The Bertz CT molecular complexity index is 1040. The van der Waals surface area contributed by atoms with Gasteiger partial charge in [-0.2, -0.15) is 4.98 Å². The van der Waals surface area contributed by atoms with Gasteiger partial charge in [0, 0.05) is 29.3 Å². The first-order valence-electron chi connectivity index (χ1n) is 9.65. The van der Waals surface area contributed by atoms with Crippen molar-refractivity contribution in [1.82, 2.24) is 14.8 Å². The molecule has 0 unspecified atom stereocenters. The molecule has 0 amide bonds. The van der Waals surface area contributed by atoms with E-state index in [1.165, 1.54) is 11.8 Å². The van der Waals surface area contributed by atoms with Crippen LogP contribution in [-0.4, -0.2) is 48.1 Å². The molecular formula is C21H26N4O4S. The number of Topliss-reactive ketones (excluding diaryl/α,β-unsaturated/α-hetero) is 1. The third kappa shape index (κ3) is 3.30. The minimum Gasteiger partial charge on any atom is -0.496 e. The van der Waals surface area contributed by atoms with E-state index in [1.54, 1.807) is 32.1 Å². The summed E-state index contributed by atoms with van der Waals surface area (Å²) in [6.07, 6.45) is 3.15. The highest BCUT2D eigenvalue weighted by atomic mass is 32.2. The summed E-state index contributed by atoms with van der Waals surface area (Å²) in [5.74, 6) is 2.43. The molecule has 160 valence electrons. The van der Waals surface area contributed by atoms with Gasteiger partial charge >= 0.3 is 0 Å². The number of anilines is 1. The molecule has 9 heteroatoms. The molecule has 0 saturated heterocycles. The number of fused-ring (bicyclic) bond motifs is 1. The zero-order valence-electron chi connectivity index (χ0n) is 18.0. The molecule has 1 aromatic carbocycles. The monoisotopic (exact) mass is 430 g/mol. The van der Waals surface area contributed by atoms with E-state index in [0.717, 1.165) is 17.7 Å². The van der Waals surface area contributed by atoms with Gasteiger partial charge in [-0.1, -0.05) is 25.6 Å². The minimum absolute atomic E-state index is 0.0995. The second kappa shape index (κ2) is 7.54. The normalized spacial score (nSPS) is 19.7. The number of aromatic nitrogens is 3. The van der Waals surface area contributed by atoms with E-state index < -0.39 is 6.04 Å². The molecule has 4 rings (SSSR count). The van der Waals surface area contributed by atoms with Crippen molar-refractivity contribution in [2.75, 3.05) is 32.9 Å². The molecule has 1 N–H and O–H groups in total. The van der Waals surface area contributed by atoms with E-state index in [1.807, 2.05) is 12.3 Å². The number of hydrogen-bond donors (Lipinski definition) is 1. The average Bonchev–Trinajstić information content (AvgIpc) is 3.13. The number of carbonyl (C=O) groups excluding carboxylic acids is 1. The minimum atomic E-state index is -0.469. The highest BCUT2D eigenvalue weighted by Crippen LogP contribution is 2.49. The molecule has 2 heterocycles. The van der Waals surface area contributed by atoms with E-state index >= 15 is 0 Å². The van der Waals surface area contributed by atoms with Crippen molar-refractivity contribution in [2.24, 2.45) is 5.41 Å². The van der Waals surface area contributed by atoms with Gasteiger partial charge in [0.2, 0.25) is 11.1 Å². The lowest BCUT2D eigenvalue weighted by Gasteiger charge is -2.38. The third-order valence-corrected chi connectivity index (χ3v) is 6.06. The Hall–Kier alpha value is -2.68. The first-order valence-corrected chi connectivity index (χ1v) is 10.9. The number of methoxy groups -OCH3 is 3. The number of nitrogens with one attached hydrogen (secondary N) is 1. The maximum Gasteiger partial charge on any atom is 0.227 e. The lowest BCUT2D eigenvalue weighted by molar-refractivity contribution is -0.118. The number of allylic oxidation sites excluding steroid dienone is 2. The maximum absolute atomic E-state index is 13.3. The Morgan fingerprint density at radius 1 is 1.10 bits per heavy atom. The second-order valence-electron chi connectivity index (χ2n) is 8.18. The first-order chi connectivity index (χ1) is 14.3. The van der Waals surface area contributed by atoms with Gasteiger partial charge < -0.3 is 19.5 Å². The van der Waals surface area contributed by atoms with Gasteiger partial charge in [0.05, 0.1) is 21.3 Å². The molecule has 1 atom stereocenters. The zero-order chi connectivity index (χ0) is 21.6. The van der Waals surface area contributed by atoms with Crippen molar-refractivity contribution in [3.8, 4) is 17.2 Å². The Labute approximate surface area is 180 Å². The van der Waals surface area contributed by atoms with Gasteiger partial charge in [-0.15, -0.1) is 5.10 Å². The van der Waals surface area contributed by atoms with Crippen LogP contribution in [0, 0.1) is 5.41 Å². The summed E-state index contributed by atoms with van der Waals surface area (Å²) in [5, 5.41) is 8.65. The van der Waals surface area contributed by atoms with Crippen molar-refractivity contribution >= 4 is 23.5 Å². The highest BCUT2D eigenvalue weighted by molar-refractivity contribution is 7.98. The summed E-state index contributed by atoms with van der Waals surface area (Å²) in [6.45, 7) is 4.21. The van der Waals surface area contributed by atoms with Crippen molar-refractivity contribution in [3.63, 3.8) is 0 Å². The van der Waals surface area contributed by atoms with E-state index in [-0.39, 0.29) is 11.2 Å². The molecule has 1 aliphatic heterocycles. The fourth-order valence-electron chi connectivity index (χ4n) is 4.23. The van der Waals surface area contributed by atoms with Crippen molar-refractivity contribution in [2.45, 2.75) is 37.9 Å². The van der Waals surface area contributed by atoms with Crippen LogP contribution < -0.4 is 19.5 Å². The molecule has 8 nitrogen and oxygen atoms in total. The van der Waals surface area contributed by atoms with Crippen LogP contribution in [0.25, 0.3) is 0 Å². The number of benzene rings is 1. The first kappa shape index (κ1) is 20.6. The number of ketones is 1. The van der Waals surface area contributed by atoms with E-state index in [0.29, 0.717) is 40.3 Å². The standard InChI is InChI=1S/C21H26N4O4S/c1-21(2)9-12-17(13(26)10-21)18(25-19(22-12)23-20(24-25)30-6)11-7-15(28-4)16(29-5)8-14(11)27-3/h7-8,18H,9-10H2,1-6H3,(H,22,23,24)/t18-/m1/s1. The lowest BCUT2D eigenvalue weighted by Crippen LogP contribution is -2.36. The summed E-state index contributed by atoms with van der Waals surface area (Å²) in [4.78, 5) is 17.9. The Morgan fingerprint density at radius 2 is 1.77 bits per heavy atom. The summed E-state index contributed by atoms with van der Waals surface area (Å²) < 4.78 is 18.4. The van der Waals surface area contributed by atoms with Crippen LogP contribution in [-0.2, 0) is 4.79 Å². The summed E-state index contributed by atoms with van der Waals surface area (Å²) >= 11 is 1.45. The van der Waals surface area contributed by atoms with Crippen molar-refractivity contribution in [3.05, 3.63) is 29.0 Å². The number of hydrogen-bond acceptors (Lipinski definition) is 8. The van der Waals surface area contributed by atoms with Crippen LogP contribution in [0.3, 0.4) is 0 Å². The molecule has 2 aromatic rings. The maximum atomic E-state index is 13.3. The molecule has 0 fully saturated rings. The number of thioether (sulfide) groups is 1. The molecule has 0 spiro atoms. The largest absolute Gasteiger partial charge is 0.496 e. The Kier molecular flexibility index (Phi) is 5.17. The number of rotatable bonds is 5. The fraction of sp³-hybridized carbons (Fsp3) is 0.476. The van der Waals surface area contributed by atoms with Crippen LogP contribution in [0.1, 0.15) is 38.3 Å². The van der Waals surface area contributed by atoms with Crippen molar-refractivity contribution < 1.29 is 19.0 Å². The third-order valence-electron chi connectivity index (χ3n) is 5.53. The van der Waals surface area contributed by atoms with Gasteiger partial charge in [-0.25, -0.2) is 4.68 Å². The zero-order valence-corrected chi connectivity index (χ0v) is 18.8.